The van der Waals surface area contributed by atoms with Gasteiger partial charge in [-0.2, -0.15) is 0 Å². The molecule has 2 N–H and O–H groups in total. The SMILES string of the molecule is O=C(O)c1cccc(CNc2ccc(-c3ccc4c(c3)CCCC4)nn2)c1. The van der Waals surface area contributed by atoms with Crippen LogP contribution >= 0.6 is 0 Å². The van der Waals surface area contributed by atoms with Crippen molar-refractivity contribution >= 4 is 11.8 Å². The van der Waals surface area contributed by atoms with Crippen LogP contribution in [0.1, 0.15) is 39.9 Å². The molecule has 0 spiro atoms. The van der Waals surface area contributed by atoms with Gasteiger partial charge in [-0.25, -0.2) is 4.79 Å². The number of aromatic carboxylic acids is 1. The second-order valence-corrected chi connectivity index (χ2v) is 6.85. The molecule has 0 bridgehead atoms. The zero-order chi connectivity index (χ0) is 18.6. The summed E-state index contributed by atoms with van der Waals surface area (Å²) in [5, 5.41) is 20.9. The molecule has 2 aromatic carbocycles. The molecule has 0 unspecified atom stereocenters. The lowest BCUT2D eigenvalue weighted by Crippen LogP contribution is -2.05. The molecule has 1 aliphatic rings. The number of hydrogen-bond donors (Lipinski definition) is 2. The first-order chi connectivity index (χ1) is 13.2. The van der Waals surface area contributed by atoms with Crippen LogP contribution in [0.25, 0.3) is 11.3 Å². The van der Waals surface area contributed by atoms with E-state index in [1.165, 1.54) is 30.4 Å². The third-order valence-electron chi connectivity index (χ3n) is 4.96. The van der Waals surface area contributed by atoms with Crippen LogP contribution in [0.4, 0.5) is 5.82 Å². The molecule has 0 fully saturated rings. The topological polar surface area (TPSA) is 75.1 Å². The molecule has 0 saturated heterocycles. The summed E-state index contributed by atoms with van der Waals surface area (Å²) in [5.74, 6) is -0.261. The number of fused-ring (bicyclic) bond motifs is 1. The second kappa shape index (κ2) is 7.58. The van der Waals surface area contributed by atoms with Crippen LogP contribution in [-0.2, 0) is 19.4 Å². The smallest absolute Gasteiger partial charge is 0.335 e. The summed E-state index contributed by atoms with van der Waals surface area (Å²) < 4.78 is 0. The third kappa shape index (κ3) is 3.97. The van der Waals surface area contributed by atoms with E-state index in [1.807, 2.05) is 18.2 Å². The number of aromatic nitrogens is 2. The van der Waals surface area contributed by atoms with Crippen LogP contribution in [0.15, 0.2) is 54.6 Å². The van der Waals surface area contributed by atoms with E-state index in [2.05, 4.69) is 33.7 Å². The Kier molecular flexibility index (Phi) is 4.83. The summed E-state index contributed by atoms with van der Waals surface area (Å²) in [6.45, 7) is 0.494. The molecule has 5 heteroatoms. The summed E-state index contributed by atoms with van der Waals surface area (Å²) in [7, 11) is 0. The van der Waals surface area contributed by atoms with Crippen molar-refractivity contribution in [1.29, 1.82) is 0 Å². The fourth-order valence-electron chi connectivity index (χ4n) is 3.48. The molecule has 27 heavy (non-hydrogen) atoms. The van der Waals surface area contributed by atoms with E-state index >= 15 is 0 Å². The van der Waals surface area contributed by atoms with Crippen LogP contribution in [0.5, 0.6) is 0 Å². The van der Waals surface area contributed by atoms with Gasteiger partial charge in [0, 0.05) is 12.1 Å². The number of carboxylic acid groups (broad SMARTS) is 1. The molecule has 0 radical (unpaired) electrons. The zero-order valence-corrected chi connectivity index (χ0v) is 15.0. The highest BCUT2D eigenvalue weighted by molar-refractivity contribution is 5.87. The minimum Gasteiger partial charge on any atom is -0.478 e. The molecule has 1 aromatic heterocycles. The maximum Gasteiger partial charge on any atom is 0.335 e. The highest BCUT2D eigenvalue weighted by Crippen LogP contribution is 2.26. The standard InChI is InChI=1S/C22H21N3O2/c26-22(27)19-7-3-4-15(12-19)14-23-21-11-10-20(24-25-21)18-9-8-16-5-1-2-6-17(16)13-18/h3-4,7-13H,1-2,5-6,14H2,(H,23,25)(H,26,27). The lowest BCUT2D eigenvalue weighted by Gasteiger charge is -2.16. The molecule has 0 saturated carbocycles. The maximum absolute atomic E-state index is 11.0. The molecule has 136 valence electrons. The highest BCUT2D eigenvalue weighted by atomic mass is 16.4. The Balaban J connectivity index is 1.45. The van der Waals surface area contributed by atoms with Gasteiger partial charge in [0.1, 0.15) is 5.82 Å². The van der Waals surface area contributed by atoms with E-state index in [-0.39, 0.29) is 5.56 Å². The third-order valence-corrected chi connectivity index (χ3v) is 4.96. The maximum atomic E-state index is 11.0. The Morgan fingerprint density at radius 1 is 0.963 bits per heavy atom. The molecular weight excluding hydrogens is 338 g/mol. The molecule has 0 aliphatic heterocycles. The molecular formula is C22H21N3O2. The summed E-state index contributed by atoms with van der Waals surface area (Å²) in [4.78, 5) is 11.0. The fourth-order valence-corrected chi connectivity index (χ4v) is 3.48. The predicted molar refractivity (Wildman–Crippen MR) is 105 cm³/mol. The highest BCUT2D eigenvalue weighted by Gasteiger charge is 2.11. The van der Waals surface area contributed by atoms with Crippen molar-refractivity contribution in [1.82, 2.24) is 10.2 Å². The number of nitrogens with zero attached hydrogens (tertiary/aromatic N) is 2. The Hall–Kier alpha value is -3.21. The van der Waals surface area contributed by atoms with Crippen molar-refractivity contribution in [2.75, 3.05) is 5.32 Å². The first-order valence-corrected chi connectivity index (χ1v) is 9.21. The van der Waals surface area contributed by atoms with Crippen LogP contribution < -0.4 is 5.32 Å². The molecule has 1 heterocycles. The molecule has 0 amide bonds. The number of carboxylic acids is 1. The average Bonchev–Trinajstić information content (AvgIpc) is 2.72. The van der Waals surface area contributed by atoms with E-state index in [0.717, 1.165) is 23.2 Å². The zero-order valence-electron chi connectivity index (χ0n) is 15.0. The minimum atomic E-state index is -0.925. The van der Waals surface area contributed by atoms with Crippen molar-refractivity contribution in [2.24, 2.45) is 0 Å². The summed E-state index contributed by atoms with van der Waals surface area (Å²) in [6.07, 6.45) is 4.86. The number of anilines is 1. The Bertz CT molecular complexity index is 968. The van der Waals surface area contributed by atoms with Crippen molar-refractivity contribution in [2.45, 2.75) is 32.2 Å². The normalized spacial score (nSPS) is 13.0. The van der Waals surface area contributed by atoms with E-state index in [9.17, 15) is 4.79 Å². The van der Waals surface area contributed by atoms with Gasteiger partial charge in [-0.1, -0.05) is 24.3 Å². The number of benzene rings is 2. The quantitative estimate of drug-likeness (QED) is 0.709. The lowest BCUT2D eigenvalue weighted by atomic mass is 9.90. The van der Waals surface area contributed by atoms with Gasteiger partial charge < -0.3 is 10.4 Å². The summed E-state index contributed by atoms with van der Waals surface area (Å²) in [5.41, 5.74) is 6.02. The van der Waals surface area contributed by atoms with Crippen LogP contribution in [0.2, 0.25) is 0 Å². The number of carbonyl (C=O) groups is 1. The summed E-state index contributed by atoms with van der Waals surface area (Å²) >= 11 is 0. The van der Waals surface area contributed by atoms with Crippen LogP contribution in [0, 0.1) is 0 Å². The minimum absolute atomic E-state index is 0.281. The van der Waals surface area contributed by atoms with Gasteiger partial charge in [-0.15, -0.1) is 10.2 Å². The van der Waals surface area contributed by atoms with Gasteiger partial charge in [-0.05, 0) is 72.7 Å². The van der Waals surface area contributed by atoms with E-state index < -0.39 is 5.97 Å². The number of hydrogen-bond acceptors (Lipinski definition) is 4. The van der Waals surface area contributed by atoms with Crippen LogP contribution in [-0.4, -0.2) is 21.3 Å². The van der Waals surface area contributed by atoms with Crippen molar-refractivity contribution in [3.8, 4) is 11.3 Å². The molecule has 5 nitrogen and oxygen atoms in total. The fraction of sp³-hybridized carbons (Fsp3) is 0.227. The first-order valence-electron chi connectivity index (χ1n) is 9.21. The van der Waals surface area contributed by atoms with E-state index in [0.29, 0.717) is 12.4 Å². The first kappa shape index (κ1) is 17.2. The van der Waals surface area contributed by atoms with Crippen LogP contribution in [0.3, 0.4) is 0 Å². The largest absolute Gasteiger partial charge is 0.478 e. The number of aryl methyl sites for hydroxylation is 2. The molecule has 3 aromatic rings. The van der Waals surface area contributed by atoms with Crippen molar-refractivity contribution in [3.63, 3.8) is 0 Å². The number of nitrogens with one attached hydrogen (secondary N) is 1. The molecule has 0 atom stereocenters. The van der Waals surface area contributed by atoms with Gasteiger partial charge in [0.2, 0.25) is 0 Å². The Morgan fingerprint density at radius 2 is 1.81 bits per heavy atom. The second-order valence-electron chi connectivity index (χ2n) is 6.85. The van der Waals surface area contributed by atoms with E-state index in [1.54, 1.807) is 18.2 Å². The van der Waals surface area contributed by atoms with Gasteiger partial charge in [0.15, 0.2) is 0 Å². The molecule has 4 rings (SSSR count). The monoisotopic (exact) mass is 359 g/mol. The van der Waals surface area contributed by atoms with Gasteiger partial charge in [-0.3, -0.25) is 0 Å². The van der Waals surface area contributed by atoms with Crippen molar-refractivity contribution in [3.05, 3.63) is 76.9 Å². The van der Waals surface area contributed by atoms with E-state index in [4.69, 9.17) is 5.11 Å². The predicted octanol–water partition coefficient (Wildman–Crippen LogP) is 4.33. The van der Waals surface area contributed by atoms with Gasteiger partial charge >= 0.3 is 5.97 Å². The Labute approximate surface area is 158 Å². The van der Waals surface area contributed by atoms with Crippen molar-refractivity contribution < 1.29 is 9.90 Å². The van der Waals surface area contributed by atoms with Gasteiger partial charge in [0.05, 0.1) is 11.3 Å². The summed E-state index contributed by atoms with van der Waals surface area (Å²) in [6, 6.07) is 17.3. The Morgan fingerprint density at radius 3 is 2.59 bits per heavy atom. The lowest BCUT2D eigenvalue weighted by molar-refractivity contribution is 0.0696. The number of rotatable bonds is 5. The average molecular weight is 359 g/mol. The van der Waals surface area contributed by atoms with Gasteiger partial charge in [0.25, 0.3) is 0 Å². The molecule has 1 aliphatic carbocycles.